The predicted molar refractivity (Wildman–Crippen MR) is 39.7 cm³/mol. The summed E-state index contributed by atoms with van der Waals surface area (Å²) < 4.78 is 0. The minimum absolute atomic E-state index is 0.0772. The Morgan fingerprint density at radius 2 is 1.67 bits per heavy atom. The first-order chi connectivity index (χ1) is 4.13. The largest absolute Gasteiger partial charge is 0.282 e. The first-order valence-electron chi connectivity index (χ1n) is 2.01. The molecular formula is C4HCl3N2. The van der Waals surface area contributed by atoms with Gasteiger partial charge in [0, 0.05) is 0 Å². The molecule has 9 heavy (non-hydrogen) atoms. The van der Waals surface area contributed by atoms with E-state index in [-0.39, 0.29) is 21.1 Å². The second kappa shape index (κ2) is 2.29. The molecule has 0 radical (unpaired) electrons. The molecule has 1 rings (SSSR count). The zero-order chi connectivity index (χ0) is 7.02. The summed E-state index contributed by atoms with van der Waals surface area (Å²) in [4.78, 5) is 3.48. The van der Waals surface area contributed by atoms with Gasteiger partial charge in [0.15, 0.2) is 11.0 Å². The van der Waals surface area contributed by atoms with E-state index in [1.165, 1.54) is 0 Å². The summed E-state index contributed by atoms with van der Waals surface area (Å²) in [5.74, 6) is -0.0772. The van der Waals surface area contributed by atoms with Crippen LogP contribution < -0.4 is 0 Å². The average molecular weight is 183 g/mol. The highest BCUT2D eigenvalue weighted by molar-refractivity contribution is 6.80. The highest BCUT2D eigenvalue weighted by Gasteiger charge is 2.18. The predicted octanol–water partition coefficient (Wildman–Crippen LogP) is 2.30. The maximum absolute atomic E-state index is 6.97. The number of allylic oxidation sites excluding steroid dienone is 1. The molecule has 5 heteroatoms. The van der Waals surface area contributed by atoms with E-state index in [0.29, 0.717) is 0 Å². The van der Waals surface area contributed by atoms with Crippen molar-refractivity contribution in [2.24, 2.45) is 4.99 Å². The molecule has 2 nitrogen and oxygen atoms in total. The van der Waals surface area contributed by atoms with Crippen LogP contribution in [0.25, 0.3) is 0 Å². The van der Waals surface area contributed by atoms with Crippen LogP contribution in [0.2, 0.25) is 0 Å². The van der Waals surface area contributed by atoms with Crippen LogP contribution >= 0.6 is 34.8 Å². The summed E-state index contributed by atoms with van der Waals surface area (Å²) in [5, 5.41) is 7.33. The van der Waals surface area contributed by atoms with Gasteiger partial charge in [0.25, 0.3) is 0 Å². The summed E-state index contributed by atoms with van der Waals surface area (Å²) in [6, 6.07) is 0. The molecule has 1 aliphatic rings. The Balaban J connectivity index is 3.11. The van der Waals surface area contributed by atoms with Crippen molar-refractivity contribution in [2.45, 2.75) is 0 Å². The first-order valence-corrected chi connectivity index (χ1v) is 3.15. The van der Waals surface area contributed by atoms with Crippen molar-refractivity contribution < 1.29 is 0 Å². The Morgan fingerprint density at radius 1 is 1.11 bits per heavy atom. The molecule has 1 aliphatic heterocycles. The summed E-state index contributed by atoms with van der Waals surface area (Å²) in [6.45, 7) is 0. The molecule has 0 saturated heterocycles. The lowest BCUT2D eigenvalue weighted by molar-refractivity contribution is 1.47. The third kappa shape index (κ3) is 1.11. The molecule has 0 atom stereocenters. The summed E-state index contributed by atoms with van der Waals surface area (Å²) in [5.41, 5.74) is 0. The van der Waals surface area contributed by atoms with Crippen LogP contribution in [0.3, 0.4) is 0 Å². The van der Waals surface area contributed by atoms with Crippen LogP contribution in [-0.2, 0) is 0 Å². The Labute approximate surface area is 66.6 Å². The summed E-state index contributed by atoms with van der Waals surface area (Å²) in [7, 11) is 0. The molecule has 0 spiro atoms. The molecule has 0 fully saturated rings. The van der Waals surface area contributed by atoms with Crippen molar-refractivity contribution in [3.05, 3.63) is 10.1 Å². The quantitative estimate of drug-likeness (QED) is 0.598. The molecule has 0 amide bonds. The van der Waals surface area contributed by atoms with Gasteiger partial charge in [0.05, 0.1) is 0 Å². The number of halogens is 3. The van der Waals surface area contributed by atoms with Crippen LogP contribution in [0.4, 0.5) is 0 Å². The minimum Gasteiger partial charge on any atom is -0.282 e. The molecule has 0 aliphatic carbocycles. The van der Waals surface area contributed by atoms with E-state index in [4.69, 9.17) is 40.2 Å². The van der Waals surface area contributed by atoms with Crippen LogP contribution in [0.15, 0.2) is 15.1 Å². The second-order valence-corrected chi connectivity index (χ2v) is 2.49. The Morgan fingerprint density at radius 3 is 1.78 bits per heavy atom. The SMILES string of the molecule is N=C1N=C(Cl)C(Cl)=C1Cl. The van der Waals surface area contributed by atoms with E-state index >= 15 is 0 Å². The topological polar surface area (TPSA) is 36.2 Å². The number of hydrogen-bond acceptors (Lipinski definition) is 1. The molecular weight excluding hydrogens is 182 g/mol. The standard InChI is InChI=1S/C4HCl3N2/c5-1-2(6)4(8)9-3(1)7/h8H. The van der Waals surface area contributed by atoms with Crippen molar-refractivity contribution in [3.8, 4) is 0 Å². The maximum atomic E-state index is 6.97. The third-order valence-electron chi connectivity index (χ3n) is 0.792. The molecule has 0 aromatic rings. The molecule has 0 unspecified atom stereocenters. The van der Waals surface area contributed by atoms with Gasteiger partial charge in [-0.2, -0.15) is 0 Å². The highest BCUT2D eigenvalue weighted by atomic mass is 35.5. The van der Waals surface area contributed by atoms with Gasteiger partial charge < -0.3 is 0 Å². The van der Waals surface area contributed by atoms with Gasteiger partial charge in [-0.05, 0) is 0 Å². The third-order valence-corrected chi connectivity index (χ3v) is 1.99. The second-order valence-electron chi connectivity index (χ2n) is 1.38. The Hall–Kier alpha value is -0.0500. The van der Waals surface area contributed by atoms with Crippen LogP contribution in [0.5, 0.6) is 0 Å². The lowest BCUT2D eigenvalue weighted by Gasteiger charge is -1.83. The molecule has 1 N–H and O–H groups in total. The Kier molecular flexibility index (Phi) is 1.80. The Bertz CT molecular complexity index is 228. The van der Waals surface area contributed by atoms with Gasteiger partial charge >= 0.3 is 0 Å². The van der Waals surface area contributed by atoms with Gasteiger partial charge in [-0.25, -0.2) is 4.99 Å². The fourth-order valence-electron chi connectivity index (χ4n) is 0.391. The smallest absolute Gasteiger partial charge is 0.166 e. The van der Waals surface area contributed by atoms with E-state index in [1.807, 2.05) is 0 Å². The maximum Gasteiger partial charge on any atom is 0.166 e. The van der Waals surface area contributed by atoms with Crippen molar-refractivity contribution in [1.82, 2.24) is 0 Å². The van der Waals surface area contributed by atoms with E-state index in [0.717, 1.165) is 0 Å². The molecule has 48 valence electrons. The monoisotopic (exact) mass is 182 g/mol. The molecule has 0 bridgehead atoms. The lowest BCUT2D eigenvalue weighted by Crippen LogP contribution is -1.83. The number of hydrogen-bond donors (Lipinski definition) is 1. The molecule has 0 saturated carbocycles. The van der Waals surface area contributed by atoms with Gasteiger partial charge in [-0.15, -0.1) is 0 Å². The molecule has 0 aromatic heterocycles. The fourth-order valence-corrected chi connectivity index (χ4v) is 0.882. The fraction of sp³-hybridized carbons (Fsp3) is 0. The summed E-state index contributed by atoms with van der Waals surface area (Å²) in [6.07, 6.45) is 0. The number of aliphatic imine (C=N–C) groups is 1. The van der Waals surface area contributed by atoms with Gasteiger partial charge in [0.1, 0.15) is 10.1 Å². The number of amidine groups is 1. The van der Waals surface area contributed by atoms with Gasteiger partial charge in [-0.3, -0.25) is 5.41 Å². The summed E-state index contributed by atoms with van der Waals surface area (Å²) >= 11 is 16.3. The normalized spacial score (nSPS) is 19.0. The average Bonchev–Trinajstić information content (AvgIpc) is 1.98. The number of nitrogens with zero attached hydrogens (tertiary/aromatic N) is 1. The molecule has 0 aromatic carbocycles. The van der Waals surface area contributed by atoms with E-state index in [2.05, 4.69) is 4.99 Å². The zero-order valence-corrected chi connectivity index (χ0v) is 6.35. The first kappa shape index (κ1) is 7.06. The van der Waals surface area contributed by atoms with Crippen LogP contribution in [-0.4, -0.2) is 11.0 Å². The van der Waals surface area contributed by atoms with Crippen LogP contribution in [0, 0.1) is 5.41 Å². The van der Waals surface area contributed by atoms with E-state index < -0.39 is 0 Å². The van der Waals surface area contributed by atoms with E-state index in [9.17, 15) is 0 Å². The van der Waals surface area contributed by atoms with Crippen molar-refractivity contribution in [3.63, 3.8) is 0 Å². The number of rotatable bonds is 0. The van der Waals surface area contributed by atoms with Crippen molar-refractivity contribution >= 4 is 45.8 Å². The van der Waals surface area contributed by atoms with Crippen molar-refractivity contribution in [1.29, 1.82) is 5.41 Å². The van der Waals surface area contributed by atoms with Gasteiger partial charge in [0.2, 0.25) is 0 Å². The van der Waals surface area contributed by atoms with Gasteiger partial charge in [-0.1, -0.05) is 34.8 Å². The van der Waals surface area contributed by atoms with Crippen LogP contribution in [0.1, 0.15) is 0 Å². The van der Waals surface area contributed by atoms with Crippen molar-refractivity contribution in [2.75, 3.05) is 0 Å². The number of nitrogens with one attached hydrogen (secondary N) is 1. The molecule has 1 heterocycles. The zero-order valence-electron chi connectivity index (χ0n) is 4.08. The minimum atomic E-state index is -0.0772. The highest BCUT2D eigenvalue weighted by Crippen LogP contribution is 2.24. The van der Waals surface area contributed by atoms with E-state index in [1.54, 1.807) is 0 Å². The lowest BCUT2D eigenvalue weighted by atomic mass is 10.5.